The van der Waals surface area contributed by atoms with Gasteiger partial charge in [0, 0.05) is 17.8 Å². The monoisotopic (exact) mass is 363 g/mol. The lowest BCUT2D eigenvalue weighted by molar-refractivity contribution is 0.354. The fourth-order valence-electron chi connectivity index (χ4n) is 3.91. The molecule has 1 fully saturated rings. The highest BCUT2D eigenvalue weighted by Crippen LogP contribution is 2.32. The summed E-state index contributed by atoms with van der Waals surface area (Å²) in [5, 5.41) is 0. The zero-order chi connectivity index (χ0) is 18.6. The summed E-state index contributed by atoms with van der Waals surface area (Å²) in [6, 6.07) is 12.6. The Morgan fingerprint density at radius 1 is 1.07 bits per heavy atom. The first-order valence-corrected chi connectivity index (χ1v) is 9.52. The van der Waals surface area contributed by atoms with Crippen molar-refractivity contribution in [3.63, 3.8) is 0 Å². The Morgan fingerprint density at radius 2 is 1.93 bits per heavy atom. The third kappa shape index (κ3) is 3.54. The highest BCUT2D eigenvalue weighted by atomic mass is 16.5. The molecule has 0 unspecified atom stereocenters. The molecule has 140 valence electrons. The van der Waals surface area contributed by atoms with Crippen molar-refractivity contribution in [3.8, 4) is 11.5 Å². The summed E-state index contributed by atoms with van der Waals surface area (Å²) in [5.74, 6) is 1.38. The molecule has 27 heavy (non-hydrogen) atoms. The van der Waals surface area contributed by atoms with Gasteiger partial charge in [0.2, 0.25) is 0 Å². The summed E-state index contributed by atoms with van der Waals surface area (Å²) in [6.07, 6.45) is 10.3. The molecule has 1 aliphatic carbocycles. The summed E-state index contributed by atoms with van der Waals surface area (Å²) < 4.78 is 13.2. The molecule has 4 rings (SSSR count). The molecule has 0 spiro atoms. The van der Waals surface area contributed by atoms with Crippen molar-refractivity contribution in [1.82, 2.24) is 9.55 Å². The summed E-state index contributed by atoms with van der Waals surface area (Å²) in [4.78, 5) is 9.24. The molecule has 0 N–H and O–H groups in total. The third-order valence-electron chi connectivity index (χ3n) is 5.31. The minimum absolute atomic E-state index is 0.583. The smallest absolute Gasteiger partial charge is 0.169 e. The van der Waals surface area contributed by atoms with Crippen LogP contribution in [-0.2, 0) is 0 Å². The van der Waals surface area contributed by atoms with Crippen molar-refractivity contribution < 1.29 is 9.47 Å². The SMILES string of the molecule is COc1cccc(C=Nc2ccc3c(c2)ncn3C2CCCCC2)c1OC. The van der Waals surface area contributed by atoms with E-state index in [1.54, 1.807) is 20.4 Å². The zero-order valence-electron chi connectivity index (χ0n) is 15.9. The summed E-state index contributed by atoms with van der Waals surface area (Å²) in [5.41, 5.74) is 3.94. The molecule has 0 saturated heterocycles. The van der Waals surface area contributed by atoms with Crippen LogP contribution in [0.2, 0.25) is 0 Å². The third-order valence-corrected chi connectivity index (χ3v) is 5.31. The lowest BCUT2D eigenvalue weighted by Gasteiger charge is -2.23. The van der Waals surface area contributed by atoms with E-state index in [1.165, 1.54) is 37.6 Å². The van der Waals surface area contributed by atoms with Gasteiger partial charge in [-0.25, -0.2) is 4.98 Å². The predicted octanol–water partition coefficient (Wildman–Crippen LogP) is 5.31. The Bertz CT molecular complexity index is 955. The van der Waals surface area contributed by atoms with Gasteiger partial charge in [0.15, 0.2) is 11.5 Å². The van der Waals surface area contributed by atoms with Gasteiger partial charge in [0.1, 0.15) is 0 Å². The molecule has 0 atom stereocenters. The second-order valence-corrected chi connectivity index (χ2v) is 6.96. The van der Waals surface area contributed by atoms with Crippen molar-refractivity contribution in [1.29, 1.82) is 0 Å². The topological polar surface area (TPSA) is 48.6 Å². The quantitative estimate of drug-likeness (QED) is 0.577. The first-order valence-electron chi connectivity index (χ1n) is 9.52. The van der Waals surface area contributed by atoms with Gasteiger partial charge < -0.3 is 14.0 Å². The zero-order valence-corrected chi connectivity index (χ0v) is 15.9. The number of fused-ring (bicyclic) bond motifs is 1. The maximum atomic E-state index is 5.46. The van der Waals surface area contributed by atoms with Gasteiger partial charge in [0.25, 0.3) is 0 Å². The van der Waals surface area contributed by atoms with Gasteiger partial charge in [-0.3, -0.25) is 4.99 Å². The normalized spacial score (nSPS) is 15.5. The van der Waals surface area contributed by atoms with Crippen LogP contribution in [0.4, 0.5) is 5.69 Å². The van der Waals surface area contributed by atoms with Gasteiger partial charge in [-0.2, -0.15) is 0 Å². The highest BCUT2D eigenvalue weighted by molar-refractivity contribution is 5.88. The van der Waals surface area contributed by atoms with E-state index in [0.717, 1.165) is 16.8 Å². The molecule has 1 aliphatic rings. The van der Waals surface area contributed by atoms with Crippen LogP contribution < -0.4 is 9.47 Å². The van der Waals surface area contributed by atoms with Crippen molar-refractivity contribution >= 4 is 22.9 Å². The molecule has 2 aromatic carbocycles. The number of nitrogens with zero attached hydrogens (tertiary/aromatic N) is 3. The maximum Gasteiger partial charge on any atom is 0.169 e. The number of benzene rings is 2. The molecule has 1 saturated carbocycles. The first kappa shape index (κ1) is 17.6. The van der Waals surface area contributed by atoms with E-state index in [-0.39, 0.29) is 0 Å². The standard InChI is InChI=1S/C22H25N3O2/c1-26-21-10-6-7-16(22(21)27-2)14-23-17-11-12-20-19(13-17)24-15-25(20)18-8-4-3-5-9-18/h6-7,10-15,18H,3-5,8-9H2,1-2H3. The lowest BCUT2D eigenvalue weighted by atomic mass is 9.95. The van der Waals surface area contributed by atoms with Gasteiger partial charge >= 0.3 is 0 Å². The molecule has 1 heterocycles. The molecule has 0 bridgehead atoms. The Morgan fingerprint density at radius 3 is 2.70 bits per heavy atom. The molecule has 5 nitrogen and oxygen atoms in total. The maximum absolute atomic E-state index is 5.46. The van der Waals surface area contributed by atoms with Crippen LogP contribution in [0.25, 0.3) is 11.0 Å². The first-order chi connectivity index (χ1) is 13.3. The second-order valence-electron chi connectivity index (χ2n) is 6.96. The Hall–Kier alpha value is -2.82. The summed E-state index contributed by atoms with van der Waals surface area (Å²) in [7, 11) is 3.27. The van der Waals surface area contributed by atoms with Crippen LogP contribution in [0.3, 0.4) is 0 Å². The average Bonchev–Trinajstić information content (AvgIpc) is 3.15. The van der Waals surface area contributed by atoms with Crippen molar-refractivity contribution in [3.05, 3.63) is 48.3 Å². The van der Waals surface area contributed by atoms with Crippen molar-refractivity contribution in [2.24, 2.45) is 4.99 Å². The molecule has 0 amide bonds. The highest BCUT2D eigenvalue weighted by Gasteiger charge is 2.17. The Balaban J connectivity index is 1.61. The Kier molecular flexibility index (Phi) is 5.10. The van der Waals surface area contributed by atoms with Crippen LogP contribution in [-0.4, -0.2) is 30.0 Å². The largest absolute Gasteiger partial charge is 0.493 e. The molecule has 1 aromatic heterocycles. The minimum Gasteiger partial charge on any atom is -0.493 e. The van der Waals surface area contributed by atoms with Crippen LogP contribution in [0.1, 0.15) is 43.7 Å². The van der Waals surface area contributed by atoms with E-state index in [2.05, 4.69) is 20.6 Å². The average molecular weight is 363 g/mol. The molecule has 0 aliphatic heterocycles. The minimum atomic E-state index is 0.583. The van der Waals surface area contributed by atoms with Crippen LogP contribution >= 0.6 is 0 Å². The fraction of sp³-hybridized carbons (Fsp3) is 0.364. The van der Waals surface area contributed by atoms with Gasteiger partial charge in [0.05, 0.1) is 37.3 Å². The molecular weight excluding hydrogens is 338 g/mol. The number of aromatic nitrogens is 2. The molecule has 5 heteroatoms. The number of para-hydroxylation sites is 1. The predicted molar refractivity (Wildman–Crippen MR) is 109 cm³/mol. The van der Waals surface area contributed by atoms with E-state index < -0.39 is 0 Å². The number of imidazole rings is 1. The van der Waals surface area contributed by atoms with Gasteiger partial charge in [-0.15, -0.1) is 0 Å². The second kappa shape index (κ2) is 7.82. The van der Waals surface area contributed by atoms with E-state index in [4.69, 9.17) is 9.47 Å². The number of methoxy groups -OCH3 is 2. The summed E-state index contributed by atoms with van der Waals surface area (Å²) in [6.45, 7) is 0. The van der Waals surface area contributed by atoms with Crippen LogP contribution in [0.5, 0.6) is 11.5 Å². The number of hydrogen-bond acceptors (Lipinski definition) is 4. The van der Waals surface area contributed by atoms with E-state index in [0.29, 0.717) is 17.5 Å². The summed E-state index contributed by atoms with van der Waals surface area (Å²) >= 11 is 0. The van der Waals surface area contributed by atoms with Crippen LogP contribution in [0, 0.1) is 0 Å². The fourth-order valence-corrected chi connectivity index (χ4v) is 3.91. The van der Waals surface area contributed by atoms with E-state index in [9.17, 15) is 0 Å². The van der Waals surface area contributed by atoms with Gasteiger partial charge in [-0.05, 0) is 43.2 Å². The van der Waals surface area contributed by atoms with Gasteiger partial charge in [-0.1, -0.05) is 25.3 Å². The number of ether oxygens (including phenoxy) is 2. The number of rotatable bonds is 5. The van der Waals surface area contributed by atoms with E-state index in [1.807, 2.05) is 36.7 Å². The van der Waals surface area contributed by atoms with Crippen LogP contribution in [0.15, 0.2) is 47.7 Å². The molecule has 0 radical (unpaired) electrons. The van der Waals surface area contributed by atoms with E-state index >= 15 is 0 Å². The van der Waals surface area contributed by atoms with Crippen molar-refractivity contribution in [2.75, 3.05) is 14.2 Å². The molecular formula is C22H25N3O2. The van der Waals surface area contributed by atoms with Crippen molar-refractivity contribution in [2.45, 2.75) is 38.1 Å². The lowest BCUT2D eigenvalue weighted by Crippen LogP contribution is -2.11. The molecule has 3 aromatic rings. The Labute approximate surface area is 159 Å². The number of aliphatic imine (C=N–C) groups is 1. The number of hydrogen-bond donors (Lipinski definition) is 0.